The van der Waals surface area contributed by atoms with Gasteiger partial charge < -0.3 is 19.4 Å². The minimum atomic E-state index is -0.0378. The van der Waals surface area contributed by atoms with Crippen molar-refractivity contribution in [3.63, 3.8) is 0 Å². The maximum Gasteiger partial charge on any atom is 0.193 e. The van der Waals surface area contributed by atoms with Gasteiger partial charge in [-0.05, 0) is 43.4 Å². The first-order valence-corrected chi connectivity index (χ1v) is 9.51. The zero-order chi connectivity index (χ0) is 19.5. The first-order chi connectivity index (χ1) is 13.6. The van der Waals surface area contributed by atoms with Gasteiger partial charge in [-0.1, -0.05) is 18.2 Å². The fourth-order valence-electron chi connectivity index (χ4n) is 3.54. The molecular weight excluding hydrogens is 352 g/mol. The molecule has 0 amide bonds. The summed E-state index contributed by atoms with van der Waals surface area (Å²) in [5, 5.41) is 4.05. The number of anilines is 1. The molecular formula is C23H24N2O3. The van der Waals surface area contributed by atoms with E-state index < -0.39 is 0 Å². The van der Waals surface area contributed by atoms with Crippen molar-refractivity contribution in [2.75, 3.05) is 31.6 Å². The minimum absolute atomic E-state index is 0.0378. The Bertz CT molecular complexity index is 1060. The lowest BCUT2D eigenvalue weighted by molar-refractivity contribution is 0.307. The van der Waals surface area contributed by atoms with Gasteiger partial charge in [0.05, 0.1) is 12.5 Å². The molecule has 1 aromatic carbocycles. The molecule has 4 rings (SSSR count). The van der Waals surface area contributed by atoms with E-state index in [4.69, 9.17) is 9.15 Å². The molecule has 0 spiro atoms. The van der Waals surface area contributed by atoms with E-state index in [1.54, 1.807) is 13.2 Å². The second kappa shape index (κ2) is 7.90. The number of hydrogen-bond acceptors (Lipinski definition) is 5. The Morgan fingerprint density at radius 2 is 2.04 bits per heavy atom. The lowest BCUT2D eigenvalue weighted by Gasteiger charge is -2.33. The van der Waals surface area contributed by atoms with Crippen LogP contribution in [0.4, 0.5) is 5.69 Å². The molecule has 1 aliphatic heterocycles. The molecule has 5 nitrogen and oxygen atoms in total. The molecule has 5 heteroatoms. The van der Waals surface area contributed by atoms with Crippen molar-refractivity contribution in [3.05, 3.63) is 82.5 Å². The summed E-state index contributed by atoms with van der Waals surface area (Å²) in [5.74, 6) is 1.28. The average molecular weight is 376 g/mol. The molecule has 0 saturated carbocycles. The van der Waals surface area contributed by atoms with Crippen LogP contribution in [0.3, 0.4) is 0 Å². The summed E-state index contributed by atoms with van der Waals surface area (Å²) in [6.07, 6.45) is 11.3. The molecule has 0 radical (unpaired) electrons. The molecule has 1 aliphatic carbocycles. The van der Waals surface area contributed by atoms with Crippen molar-refractivity contribution in [2.45, 2.75) is 13.0 Å². The predicted octanol–water partition coefficient (Wildman–Crippen LogP) is 3.63. The second-order valence-electron chi connectivity index (χ2n) is 7.07. The normalized spacial score (nSPS) is 22.8. The van der Waals surface area contributed by atoms with Crippen LogP contribution in [-0.4, -0.2) is 32.8 Å². The number of allylic oxidation sites excluding steroid dienone is 7. The van der Waals surface area contributed by atoms with Crippen LogP contribution in [0.5, 0.6) is 0 Å². The highest BCUT2D eigenvalue weighted by atomic mass is 16.5. The van der Waals surface area contributed by atoms with E-state index in [2.05, 4.69) is 17.1 Å². The number of nitrogens with zero attached hydrogens (tertiary/aromatic N) is 1. The van der Waals surface area contributed by atoms with Gasteiger partial charge in [0.15, 0.2) is 5.43 Å². The Morgan fingerprint density at radius 1 is 1.18 bits per heavy atom. The molecule has 144 valence electrons. The third-order valence-corrected chi connectivity index (χ3v) is 5.04. The molecule has 1 atom stereocenters. The number of ether oxygens (including phenoxy) is 1. The van der Waals surface area contributed by atoms with Gasteiger partial charge in [0.2, 0.25) is 0 Å². The van der Waals surface area contributed by atoms with Crippen LogP contribution in [0.15, 0.2) is 75.7 Å². The highest BCUT2D eigenvalue weighted by Crippen LogP contribution is 2.25. The van der Waals surface area contributed by atoms with Gasteiger partial charge in [0.1, 0.15) is 17.1 Å². The van der Waals surface area contributed by atoms with Crippen LogP contribution in [0.2, 0.25) is 0 Å². The molecule has 2 aromatic rings. The summed E-state index contributed by atoms with van der Waals surface area (Å²) < 4.78 is 11.3. The van der Waals surface area contributed by atoms with Gasteiger partial charge in [0.25, 0.3) is 0 Å². The van der Waals surface area contributed by atoms with E-state index in [0.717, 1.165) is 36.7 Å². The second-order valence-corrected chi connectivity index (χ2v) is 7.07. The third-order valence-electron chi connectivity index (χ3n) is 5.04. The molecule has 28 heavy (non-hydrogen) atoms. The van der Waals surface area contributed by atoms with Crippen molar-refractivity contribution in [1.82, 2.24) is 5.32 Å². The number of rotatable bonds is 3. The van der Waals surface area contributed by atoms with Crippen LogP contribution in [-0.2, 0) is 4.74 Å². The third kappa shape index (κ3) is 3.80. The molecule has 0 bridgehead atoms. The van der Waals surface area contributed by atoms with Gasteiger partial charge in [-0.3, -0.25) is 4.79 Å². The van der Waals surface area contributed by atoms with E-state index in [0.29, 0.717) is 22.8 Å². The van der Waals surface area contributed by atoms with Crippen molar-refractivity contribution < 1.29 is 9.15 Å². The summed E-state index contributed by atoms with van der Waals surface area (Å²) in [6, 6.07) is 7.86. The standard InChI is InChI=1S/C23H24N2O3/c1-16-15-25(12-11-24-16)18-8-10-22-20(13-18)21(26)14-23(28-22)17-5-3-4-6-19(27-2)9-7-17/h3-10,13-14,16,24H,11-12,15H2,1-2H3/b4-3?,5-3+,6-4?,9-7?,17-5?,17-7+,19-6?,19-9?/t16-/m1/s1. The summed E-state index contributed by atoms with van der Waals surface area (Å²) >= 11 is 0. The van der Waals surface area contributed by atoms with Crippen molar-refractivity contribution in [3.8, 4) is 0 Å². The Balaban J connectivity index is 1.71. The zero-order valence-electron chi connectivity index (χ0n) is 16.1. The Labute approximate surface area is 164 Å². The Kier molecular flexibility index (Phi) is 5.17. The van der Waals surface area contributed by atoms with E-state index >= 15 is 0 Å². The van der Waals surface area contributed by atoms with Crippen LogP contribution in [0, 0.1) is 0 Å². The molecule has 1 aromatic heterocycles. The van der Waals surface area contributed by atoms with Crippen molar-refractivity contribution in [2.24, 2.45) is 0 Å². The van der Waals surface area contributed by atoms with Gasteiger partial charge in [0, 0.05) is 43.0 Å². The van der Waals surface area contributed by atoms with E-state index in [1.165, 1.54) is 0 Å². The van der Waals surface area contributed by atoms with Gasteiger partial charge in [-0.25, -0.2) is 0 Å². The van der Waals surface area contributed by atoms with Crippen LogP contribution in [0.25, 0.3) is 16.5 Å². The average Bonchev–Trinajstić information content (AvgIpc) is 2.68. The number of methoxy groups -OCH3 is 1. The first-order valence-electron chi connectivity index (χ1n) is 9.51. The first kappa shape index (κ1) is 18.3. The smallest absolute Gasteiger partial charge is 0.193 e. The lowest BCUT2D eigenvalue weighted by Crippen LogP contribution is -2.49. The molecule has 1 fully saturated rings. The molecule has 0 unspecified atom stereocenters. The molecule has 1 saturated heterocycles. The fraction of sp³-hybridized carbons (Fsp3) is 0.261. The maximum atomic E-state index is 12.8. The van der Waals surface area contributed by atoms with E-state index in [1.807, 2.05) is 54.7 Å². The highest BCUT2D eigenvalue weighted by Gasteiger charge is 2.17. The number of piperazine rings is 1. The monoisotopic (exact) mass is 376 g/mol. The summed E-state index contributed by atoms with van der Waals surface area (Å²) in [4.78, 5) is 15.1. The highest BCUT2D eigenvalue weighted by molar-refractivity contribution is 5.83. The number of nitrogens with one attached hydrogen (secondary N) is 1. The molecule has 2 heterocycles. The Morgan fingerprint density at radius 3 is 2.86 bits per heavy atom. The topological polar surface area (TPSA) is 54.7 Å². The quantitative estimate of drug-likeness (QED) is 0.887. The summed E-state index contributed by atoms with van der Waals surface area (Å²) in [5.41, 5.74) is 2.43. The van der Waals surface area contributed by atoms with Gasteiger partial charge in [-0.2, -0.15) is 0 Å². The molecule has 1 N–H and O–H groups in total. The number of hydrogen-bond donors (Lipinski definition) is 1. The largest absolute Gasteiger partial charge is 0.497 e. The number of fused-ring (bicyclic) bond motifs is 1. The minimum Gasteiger partial charge on any atom is -0.497 e. The van der Waals surface area contributed by atoms with Gasteiger partial charge >= 0.3 is 0 Å². The SMILES string of the molecule is COC1=C/C=C(c2cc(=O)c3cc(N4CCN[C@H](C)C4)ccc3o2)\C=C\C=C1. The van der Waals surface area contributed by atoms with Crippen LogP contribution in [0.1, 0.15) is 12.7 Å². The predicted molar refractivity (Wildman–Crippen MR) is 114 cm³/mol. The van der Waals surface area contributed by atoms with Crippen molar-refractivity contribution >= 4 is 22.2 Å². The van der Waals surface area contributed by atoms with Crippen molar-refractivity contribution in [1.29, 1.82) is 0 Å². The summed E-state index contributed by atoms with van der Waals surface area (Å²) in [7, 11) is 1.63. The zero-order valence-corrected chi connectivity index (χ0v) is 16.1. The maximum absolute atomic E-state index is 12.8. The van der Waals surface area contributed by atoms with Crippen LogP contribution >= 0.6 is 0 Å². The molecule has 2 aliphatic rings. The van der Waals surface area contributed by atoms with E-state index in [9.17, 15) is 4.79 Å². The van der Waals surface area contributed by atoms with Crippen LogP contribution < -0.4 is 15.6 Å². The van der Waals surface area contributed by atoms with Gasteiger partial charge in [-0.15, -0.1) is 0 Å². The lowest BCUT2D eigenvalue weighted by atomic mass is 10.1. The summed E-state index contributed by atoms with van der Waals surface area (Å²) in [6.45, 7) is 4.97. The Hall–Kier alpha value is -3.05. The number of benzene rings is 1. The van der Waals surface area contributed by atoms with E-state index in [-0.39, 0.29) is 5.43 Å². The fourth-order valence-corrected chi connectivity index (χ4v) is 3.54.